The van der Waals surface area contributed by atoms with Crippen LogP contribution in [0.5, 0.6) is 0 Å². The zero-order valence-electron chi connectivity index (χ0n) is 11.1. The summed E-state index contributed by atoms with van der Waals surface area (Å²) in [7, 11) is 3.75. The van der Waals surface area contributed by atoms with Crippen LogP contribution in [0, 0.1) is 5.41 Å². The van der Waals surface area contributed by atoms with Crippen LogP contribution < -0.4 is 4.57 Å². The molecule has 1 atom stereocenters. The van der Waals surface area contributed by atoms with Crippen LogP contribution in [0.3, 0.4) is 0 Å². The van der Waals surface area contributed by atoms with E-state index in [1.54, 1.807) is 22.0 Å². The fourth-order valence-corrected chi connectivity index (χ4v) is 1.49. The van der Waals surface area contributed by atoms with Gasteiger partial charge in [0.05, 0.1) is 7.05 Å². The summed E-state index contributed by atoms with van der Waals surface area (Å²) >= 11 is 0. The lowest BCUT2D eigenvalue weighted by molar-refractivity contribution is -0.670. The van der Waals surface area contributed by atoms with Crippen molar-refractivity contribution in [2.24, 2.45) is 12.5 Å². The third-order valence-electron chi connectivity index (χ3n) is 3.13. The second-order valence-corrected chi connectivity index (χ2v) is 5.42. The SMILES string of the molecule is CC(N(C)C(=O)n1cc[n+](C)c1)C(C)(C)C. The molecule has 0 saturated carbocycles. The molecule has 0 saturated heterocycles. The van der Waals surface area contributed by atoms with Crippen molar-refractivity contribution in [3.63, 3.8) is 0 Å². The molecule has 4 nitrogen and oxygen atoms in total. The number of nitrogens with zero attached hydrogens (tertiary/aromatic N) is 3. The van der Waals surface area contributed by atoms with Gasteiger partial charge in [-0.25, -0.2) is 9.36 Å². The summed E-state index contributed by atoms with van der Waals surface area (Å²) in [5.74, 6) is 0. The quantitative estimate of drug-likeness (QED) is 0.667. The molecular weight excluding hydrogens is 202 g/mol. The second kappa shape index (κ2) is 4.28. The lowest BCUT2D eigenvalue weighted by atomic mass is 9.87. The van der Waals surface area contributed by atoms with Crippen molar-refractivity contribution < 1.29 is 9.36 Å². The predicted octanol–water partition coefficient (Wildman–Crippen LogP) is 1.65. The van der Waals surface area contributed by atoms with Gasteiger partial charge in [-0.05, 0) is 12.3 Å². The van der Waals surface area contributed by atoms with Gasteiger partial charge < -0.3 is 4.90 Å². The molecule has 1 aromatic rings. The highest BCUT2D eigenvalue weighted by molar-refractivity contribution is 5.76. The molecule has 0 aliphatic rings. The molecule has 16 heavy (non-hydrogen) atoms. The Bertz CT molecular complexity index is 376. The van der Waals surface area contributed by atoms with Crippen LogP contribution in [-0.4, -0.2) is 28.6 Å². The summed E-state index contributed by atoms with van der Waals surface area (Å²) in [6.07, 6.45) is 5.40. The molecule has 1 rings (SSSR count). The van der Waals surface area contributed by atoms with E-state index < -0.39 is 0 Å². The average Bonchev–Trinajstić information content (AvgIpc) is 2.60. The first-order valence-corrected chi connectivity index (χ1v) is 5.54. The molecule has 0 aliphatic carbocycles. The molecule has 90 valence electrons. The zero-order valence-corrected chi connectivity index (χ0v) is 11.1. The van der Waals surface area contributed by atoms with Gasteiger partial charge in [0.15, 0.2) is 0 Å². The van der Waals surface area contributed by atoms with Crippen LogP contribution >= 0.6 is 0 Å². The molecule has 1 aromatic heterocycles. The van der Waals surface area contributed by atoms with Crippen molar-refractivity contribution >= 4 is 6.03 Å². The van der Waals surface area contributed by atoms with Crippen molar-refractivity contribution in [2.45, 2.75) is 33.7 Å². The molecule has 4 heteroatoms. The number of rotatable bonds is 1. The number of hydrogen-bond acceptors (Lipinski definition) is 1. The highest BCUT2D eigenvalue weighted by atomic mass is 16.2. The van der Waals surface area contributed by atoms with Crippen molar-refractivity contribution in [3.05, 3.63) is 18.7 Å². The maximum atomic E-state index is 12.1. The molecule has 0 N–H and O–H groups in total. The van der Waals surface area contributed by atoms with Crippen LogP contribution in [0.15, 0.2) is 18.7 Å². The van der Waals surface area contributed by atoms with E-state index in [0.717, 1.165) is 0 Å². The highest BCUT2D eigenvalue weighted by Crippen LogP contribution is 2.23. The van der Waals surface area contributed by atoms with Gasteiger partial charge in [0.25, 0.3) is 6.33 Å². The minimum Gasteiger partial charge on any atom is -0.304 e. The molecule has 1 amide bonds. The summed E-state index contributed by atoms with van der Waals surface area (Å²) in [4.78, 5) is 13.9. The van der Waals surface area contributed by atoms with E-state index in [0.29, 0.717) is 0 Å². The third-order valence-corrected chi connectivity index (χ3v) is 3.13. The number of aromatic nitrogens is 2. The lowest BCUT2D eigenvalue weighted by Gasteiger charge is -2.33. The van der Waals surface area contributed by atoms with Gasteiger partial charge in [-0.1, -0.05) is 20.8 Å². The smallest absolute Gasteiger partial charge is 0.304 e. The normalized spacial score (nSPS) is 13.6. The van der Waals surface area contributed by atoms with Gasteiger partial charge >= 0.3 is 6.03 Å². The molecule has 0 aromatic carbocycles. The first-order valence-electron chi connectivity index (χ1n) is 5.54. The summed E-state index contributed by atoms with van der Waals surface area (Å²) in [6, 6.07) is 0.190. The van der Waals surface area contributed by atoms with Crippen LogP contribution in [0.4, 0.5) is 4.79 Å². The minimum absolute atomic E-state index is 0.00280. The van der Waals surface area contributed by atoms with Crippen LogP contribution in [0.25, 0.3) is 0 Å². The Hall–Kier alpha value is -1.32. The molecule has 0 fully saturated rings. The molecule has 0 spiro atoms. The molecule has 1 heterocycles. The highest BCUT2D eigenvalue weighted by Gasteiger charge is 2.29. The Kier molecular flexibility index (Phi) is 3.41. The van der Waals surface area contributed by atoms with Gasteiger partial charge in [-0.3, -0.25) is 0 Å². The fraction of sp³-hybridized carbons (Fsp3) is 0.667. The van der Waals surface area contributed by atoms with Crippen LogP contribution in [0.2, 0.25) is 0 Å². The van der Waals surface area contributed by atoms with Gasteiger partial charge in [-0.15, -0.1) is 0 Å². The van der Waals surface area contributed by atoms with E-state index in [1.807, 2.05) is 24.9 Å². The first-order chi connectivity index (χ1) is 7.23. The third kappa shape index (κ3) is 2.62. The zero-order chi connectivity index (χ0) is 12.5. The summed E-state index contributed by atoms with van der Waals surface area (Å²) in [5, 5.41) is 0. The summed E-state index contributed by atoms with van der Waals surface area (Å²) in [5.41, 5.74) is 0.0831. The maximum Gasteiger partial charge on any atom is 0.415 e. The van der Waals surface area contributed by atoms with E-state index in [-0.39, 0.29) is 17.5 Å². The standard InChI is InChI=1S/C12H22N3O/c1-10(12(2,3)4)14(6)11(16)15-8-7-13(5)9-15/h7-10H,1-6H3/q+1. The van der Waals surface area contributed by atoms with E-state index in [1.165, 1.54) is 0 Å². The molecule has 0 bridgehead atoms. The lowest BCUT2D eigenvalue weighted by Crippen LogP contribution is -2.44. The first kappa shape index (κ1) is 12.7. The van der Waals surface area contributed by atoms with Crippen molar-refractivity contribution in [2.75, 3.05) is 7.05 Å². The fourth-order valence-electron chi connectivity index (χ4n) is 1.49. The van der Waals surface area contributed by atoms with E-state index in [9.17, 15) is 4.79 Å². The maximum absolute atomic E-state index is 12.1. The number of carbonyl (C=O) groups is 1. The molecule has 1 unspecified atom stereocenters. The van der Waals surface area contributed by atoms with Gasteiger partial charge in [0.1, 0.15) is 12.4 Å². The van der Waals surface area contributed by atoms with Gasteiger partial charge in [0, 0.05) is 13.1 Å². The van der Waals surface area contributed by atoms with Gasteiger partial charge in [-0.2, -0.15) is 4.57 Å². The number of imidazole rings is 1. The Morgan fingerprint density at radius 3 is 2.38 bits per heavy atom. The largest absolute Gasteiger partial charge is 0.415 e. The van der Waals surface area contributed by atoms with Crippen molar-refractivity contribution in [1.29, 1.82) is 0 Å². The Morgan fingerprint density at radius 2 is 2.00 bits per heavy atom. The van der Waals surface area contributed by atoms with Crippen LogP contribution in [-0.2, 0) is 7.05 Å². The average molecular weight is 224 g/mol. The van der Waals surface area contributed by atoms with E-state index in [2.05, 4.69) is 27.7 Å². The molecule has 0 radical (unpaired) electrons. The minimum atomic E-state index is 0.00280. The second-order valence-electron chi connectivity index (χ2n) is 5.42. The topological polar surface area (TPSA) is 29.1 Å². The van der Waals surface area contributed by atoms with Crippen molar-refractivity contribution in [1.82, 2.24) is 9.47 Å². The number of amides is 1. The monoisotopic (exact) mass is 224 g/mol. The van der Waals surface area contributed by atoms with Crippen molar-refractivity contribution in [3.8, 4) is 0 Å². The van der Waals surface area contributed by atoms with E-state index >= 15 is 0 Å². The number of hydrogen-bond donors (Lipinski definition) is 0. The Labute approximate surface area is 97.5 Å². The van der Waals surface area contributed by atoms with Gasteiger partial charge in [0.2, 0.25) is 0 Å². The molecular formula is C12H22N3O+. The number of aryl methyl sites for hydroxylation is 1. The molecule has 0 aliphatic heterocycles. The summed E-state index contributed by atoms with van der Waals surface area (Å²) < 4.78 is 3.45. The van der Waals surface area contributed by atoms with Crippen LogP contribution in [0.1, 0.15) is 27.7 Å². The number of carbonyl (C=O) groups excluding carboxylic acids is 1. The summed E-state index contributed by atoms with van der Waals surface area (Å²) in [6.45, 7) is 8.48. The Morgan fingerprint density at radius 1 is 1.44 bits per heavy atom. The predicted molar refractivity (Wildman–Crippen MR) is 63.1 cm³/mol. The Balaban J connectivity index is 2.83. The van der Waals surface area contributed by atoms with E-state index in [4.69, 9.17) is 0 Å².